The average molecular weight is 380 g/mol. The Hall–Kier alpha value is -2.95. The minimum absolute atomic E-state index is 0.252. The van der Waals surface area contributed by atoms with Crippen LogP contribution < -0.4 is 5.73 Å². The highest BCUT2D eigenvalue weighted by atomic mass is 16.5. The Bertz CT molecular complexity index is 855. The second-order valence-electron chi connectivity index (χ2n) is 6.62. The molecule has 1 saturated heterocycles. The van der Waals surface area contributed by atoms with Crippen molar-refractivity contribution in [2.45, 2.75) is 19.4 Å². The van der Waals surface area contributed by atoms with Crippen LogP contribution in [0, 0.1) is 11.3 Å². The lowest BCUT2D eigenvalue weighted by molar-refractivity contribution is -0.143. The van der Waals surface area contributed by atoms with Gasteiger partial charge < -0.3 is 15.2 Å². The maximum atomic E-state index is 12.7. The summed E-state index contributed by atoms with van der Waals surface area (Å²) in [7, 11) is 0. The molecule has 1 unspecified atom stereocenters. The summed E-state index contributed by atoms with van der Waals surface area (Å²) in [5.74, 6) is -1.21. The molecule has 2 aromatic rings. The largest absolute Gasteiger partial charge is 0.465 e. The molecule has 146 valence electrons. The van der Waals surface area contributed by atoms with Gasteiger partial charge in [0.2, 0.25) is 0 Å². The van der Waals surface area contributed by atoms with Gasteiger partial charge in [0.1, 0.15) is 5.92 Å². The third-order valence-corrected chi connectivity index (χ3v) is 4.70. The summed E-state index contributed by atoms with van der Waals surface area (Å²) < 4.78 is 10.6. The Labute approximate surface area is 164 Å². The molecule has 2 heterocycles. The second-order valence-corrected chi connectivity index (χ2v) is 6.62. The number of nitrogens with zero attached hydrogens (tertiary/aromatic N) is 3. The number of benzene rings is 1. The van der Waals surface area contributed by atoms with Gasteiger partial charge in [-0.2, -0.15) is 5.26 Å². The molecule has 1 aromatic carbocycles. The van der Waals surface area contributed by atoms with Crippen molar-refractivity contribution in [2.24, 2.45) is 0 Å². The quantitative estimate of drug-likeness (QED) is 0.604. The van der Waals surface area contributed by atoms with Crippen LogP contribution in [0.25, 0.3) is 0 Å². The highest BCUT2D eigenvalue weighted by Gasteiger charge is 2.28. The van der Waals surface area contributed by atoms with Gasteiger partial charge >= 0.3 is 5.97 Å². The van der Waals surface area contributed by atoms with Gasteiger partial charge in [0.25, 0.3) is 0 Å². The SMILES string of the molecule is CCOC(=O)C(c1ccc(CN2CCOCC2)cn1)c1cc(C#N)ccc1N. The molecule has 2 N–H and O–H groups in total. The highest BCUT2D eigenvalue weighted by Crippen LogP contribution is 2.30. The van der Waals surface area contributed by atoms with Crippen molar-refractivity contribution in [1.82, 2.24) is 9.88 Å². The molecule has 28 heavy (non-hydrogen) atoms. The minimum atomic E-state index is -0.773. The van der Waals surface area contributed by atoms with E-state index in [9.17, 15) is 10.1 Å². The first kappa shape index (κ1) is 19.8. The zero-order valence-electron chi connectivity index (χ0n) is 15.9. The fourth-order valence-corrected chi connectivity index (χ4v) is 3.24. The fourth-order valence-electron chi connectivity index (χ4n) is 3.24. The number of hydrogen-bond donors (Lipinski definition) is 1. The smallest absolute Gasteiger partial charge is 0.319 e. The van der Waals surface area contributed by atoms with E-state index < -0.39 is 11.9 Å². The Balaban J connectivity index is 1.88. The standard InChI is InChI=1S/C21H24N4O3/c1-2-28-21(26)20(17-11-15(12-22)3-5-18(17)23)19-6-4-16(13-24-19)14-25-7-9-27-10-8-25/h3-6,11,13,20H,2,7-10,14,23H2,1H3. The van der Waals surface area contributed by atoms with Gasteiger partial charge in [0, 0.05) is 31.5 Å². The van der Waals surface area contributed by atoms with Crippen LogP contribution in [-0.2, 0) is 20.8 Å². The van der Waals surface area contributed by atoms with Crippen LogP contribution in [0.1, 0.15) is 35.2 Å². The normalized spacial score (nSPS) is 15.6. The van der Waals surface area contributed by atoms with Crippen molar-refractivity contribution in [2.75, 3.05) is 38.6 Å². The van der Waals surface area contributed by atoms with Gasteiger partial charge in [-0.05, 0) is 42.3 Å². The number of carbonyl (C=O) groups is 1. The van der Waals surface area contributed by atoms with Crippen molar-refractivity contribution in [1.29, 1.82) is 5.26 Å². The third kappa shape index (κ3) is 4.66. The van der Waals surface area contributed by atoms with Crippen LogP contribution >= 0.6 is 0 Å². The number of esters is 1. The van der Waals surface area contributed by atoms with Gasteiger partial charge in [-0.3, -0.25) is 14.7 Å². The summed E-state index contributed by atoms with van der Waals surface area (Å²) in [4.78, 5) is 19.5. The molecule has 0 aliphatic carbocycles. The molecule has 1 fully saturated rings. The predicted molar refractivity (Wildman–Crippen MR) is 104 cm³/mol. The monoisotopic (exact) mass is 380 g/mol. The molecule has 1 atom stereocenters. The van der Waals surface area contributed by atoms with Gasteiger partial charge in [-0.25, -0.2) is 0 Å². The number of nitrogens with two attached hydrogens (primary N) is 1. The molecule has 1 aromatic heterocycles. The minimum Gasteiger partial charge on any atom is -0.465 e. The van der Waals surface area contributed by atoms with E-state index in [1.807, 2.05) is 12.1 Å². The predicted octanol–water partition coefficient (Wildman–Crippen LogP) is 2.06. The Morgan fingerprint density at radius 3 is 2.79 bits per heavy atom. The van der Waals surface area contributed by atoms with Crippen molar-refractivity contribution >= 4 is 11.7 Å². The van der Waals surface area contributed by atoms with E-state index in [2.05, 4.69) is 16.0 Å². The van der Waals surface area contributed by atoms with Crippen molar-refractivity contribution in [3.8, 4) is 6.07 Å². The summed E-state index contributed by atoms with van der Waals surface area (Å²) in [6.45, 7) is 6.06. The first-order valence-corrected chi connectivity index (χ1v) is 9.33. The van der Waals surface area contributed by atoms with Crippen LogP contribution in [-0.4, -0.2) is 48.8 Å². The number of hydrogen-bond acceptors (Lipinski definition) is 7. The summed E-state index contributed by atoms with van der Waals surface area (Å²) in [5, 5.41) is 9.20. The first-order valence-electron chi connectivity index (χ1n) is 9.33. The molecule has 3 rings (SSSR count). The van der Waals surface area contributed by atoms with E-state index >= 15 is 0 Å². The number of aromatic nitrogens is 1. The molecule has 0 bridgehead atoms. The van der Waals surface area contributed by atoms with Crippen LogP contribution in [0.15, 0.2) is 36.5 Å². The number of ether oxygens (including phenoxy) is 2. The highest BCUT2D eigenvalue weighted by molar-refractivity contribution is 5.84. The van der Waals surface area contributed by atoms with Crippen LogP contribution in [0.4, 0.5) is 5.69 Å². The molecule has 0 saturated carbocycles. The lowest BCUT2D eigenvalue weighted by Gasteiger charge is -2.26. The molecule has 0 radical (unpaired) electrons. The Morgan fingerprint density at radius 2 is 2.14 bits per heavy atom. The van der Waals surface area contributed by atoms with E-state index in [0.717, 1.165) is 38.4 Å². The Kier molecular flexibility index (Phi) is 6.58. The summed E-state index contributed by atoms with van der Waals surface area (Å²) in [6, 6.07) is 10.8. The molecule has 1 aliphatic heterocycles. The summed E-state index contributed by atoms with van der Waals surface area (Å²) >= 11 is 0. The van der Waals surface area contributed by atoms with Crippen LogP contribution in [0.5, 0.6) is 0 Å². The summed E-state index contributed by atoms with van der Waals surface area (Å²) in [6.07, 6.45) is 1.78. The number of pyridine rings is 1. The van der Waals surface area contributed by atoms with Crippen molar-refractivity contribution in [3.05, 3.63) is 58.9 Å². The van der Waals surface area contributed by atoms with Gasteiger partial charge in [-0.15, -0.1) is 0 Å². The maximum Gasteiger partial charge on any atom is 0.319 e. The van der Waals surface area contributed by atoms with E-state index in [0.29, 0.717) is 22.5 Å². The van der Waals surface area contributed by atoms with Crippen molar-refractivity contribution in [3.63, 3.8) is 0 Å². The number of rotatable bonds is 6. The maximum absolute atomic E-state index is 12.7. The Morgan fingerprint density at radius 1 is 1.36 bits per heavy atom. The van der Waals surface area contributed by atoms with E-state index in [4.69, 9.17) is 15.2 Å². The van der Waals surface area contributed by atoms with Crippen molar-refractivity contribution < 1.29 is 14.3 Å². The number of carbonyl (C=O) groups excluding carboxylic acids is 1. The van der Waals surface area contributed by atoms with Gasteiger partial charge in [0.15, 0.2) is 0 Å². The molecule has 0 spiro atoms. The van der Waals surface area contributed by atoms with Gasteiger partial charge in [0.05, 0.1) is 37.1 Å². The number of nitrogen functional groups attached to an aromatic ring is 1. The molecule has 7 nitrogen and oxygen atoms in total. The molecular weight excluding hydrogens is 356 g/mol. The zero-order valence-corrected chi connectivity index (χ0v) is 15.9. The molecular formula is C21H24N4O3. The second kappa shape index (κ2) is 9.31. The number of morpholine rings is 1. The summed E-state index contributed by atoms with van der Waals surface area (Å²) in [5.41, 5.74) is 9.11. The number of nitriles is 1. The van der Waals surface area contributed by atoms with E-state index in [1.165, 1.54) is 0 Å². The van der Waals surface area contributed by atoms with E-state index in [-0.39, 0.29) is 6.61 Å². The molecule has 7 heteroatoms. The zero-order chi connectivity index (χ0) is 19.9. The van der Waals surface area contributed by atoms with Crippen LogP contribution in [0.3, 0.4) is 0 Å². The fraction of sp³-hybridized carbons (Fsp3) is 0.381. The number of anilines is 1. The molecule has 1 aliphatic rings. The van der Waals surface area contributed by atoms with Gasteiger partial charge in [-0.1, -0.05) is 6.07 Å². The first-order chi connectivity index (χ1) is 13.6. The molecule has 0 amide bonds. The average Bonchev–Trinajstić information content (AvgIpc) is 2.72. The van der Waals surface area contributed by atoms with E-state index in [1.54, 1.807) is 31.3 Å². The lowest BCUT2D eigenvalue weighted by Crippen LogP contribution is -2.35. The topological polar surface area (TPSA) is 101 Å². The van der Waals surface area contributed by atoms with Crippen LogP contribution in [0.2, 0.25) is 0 Å². The third-order valence-electron chi connectivity index (χ3n) is 4.70. The lowest BCUT2D eigenvalue weighted by atomic mass is 9.92.